The van der Waals surface area contributed by atoms with Crippen LogP contribution in [0, 0.1) is 0 Å². The maximum absolute atomic E-state index is 11.3. The zero-order chi connectivity index (χ0) is 18.9. The zero-order valence-electron chi connectivity index (χ0n) is 13.8. The van der Waals surface area contributed by atoms with Crippen molar-refractivity contribution in [2.24, 2.45) is 0 Å². The molecule has 25 heavy (non-hydrogen) atoms. The predicted molar refractivity (Wildman–Crippen MR) is 78.8 cm³/mol. The molecule has 0 aromatic carbocycles. The number of ether oxygens (including phenoxy) is 3. The SMILES string of the molecule is CC(=O)N[C@H]1[C@H](O[C@@H]2C(O)O[C@@H](C)[C@@H](O)[C@H]2O)O[C@H](CO)[C@@H](O)[C@@H]1O. The summed E-state index contributed by atoms with van der Waals surface area (Å²) in [5, 5.41) is 61.6. The first-order chi connectivity index (χ1) is 11.7. The summed E-state index contributed by atoms with van der Waals surface area (Å²) < 4.78 is 15.8. The van der Waals surface area contributed by atoms with Gasteiger partial charge in [-0.25, -0.2) is 0 Å². The lowest BCUT2D eigenvalue weighted by atomic mass is 9.96. The summed E-state index contributed by atoms with van der Waals surface area (Å²) in [5.74, 6) is -0.550. The molecule has 146 valence electrons. The van der Waals surface area contributed by atoms with Gasteiger partial charge in [0.1, 0.15) is 42.7 Å². The molecular formula is C14H25NO10. The highest BCUT2D eigenvalue weighted by Gasteiger charge is 2.50. The normalized spacial score (nSPS) is 48.2. The van der Waals surface area contributed by atoms with E-state index in [4.69, 9.17) is 14.2 Å². The van der Waals surface area contributed by atoms with E-state index in [9.17, 15) is 35.4 Å². The van der Waals surface area contributed by atoms with Gasteiger partial charge in [-0.3, -0.25) is 4.79 Å². The Morgan fingerprint density at radius 3 is 2.24 bits per heavy atom. The van der Waals surface area contributed by atoms with E-state index in [-0.39, 0.29) is 0 Å². The van der Waals surface area contributed by atoms with E-state index in [1.165, 1.54) is 13.8 Å². The maximum atomic E-state index is 11.3. The molecular weight excluding hydrogens is 342 g/mol. The first kappa shape index (κ1) is 20.4. The number of carbonyl (C=O) groups is 1. The minimum absolute atomic E-state index is 0.550. The van der Waals surface area contributed by atoms with Gasteiger partial charge in [0.25, 0.3) is 0 Å². The third-order valence-electron chi connectivity index (χ3n) is 4.34. The Labute approximate surface area is 143 Å². The average molecular weight is 367 g/mol. The summed E-state index contributed by atoms with van der Waals surface area (Å²) in [6.45, 7) is 1.98. The number of amides is 1. The van der Waals surface area contributed by atoms with Gasteiger partial charge in [-0.15, -0.1) is 0 Å². The smallest absolute Gasteiger partial charge is 0.217 e. The predicted octanol–water partition coefficient (Wildman–Crippen LogP) is -4.23. The Morgan fingerprint density at radius 2 is 1.68 bits per heavy atom. The molecule has 2 fully saturated rings. The summed E-state index contributed by atoms with van der Waals surface area (Å²) in [6.07, 6.45) is -12.5. The van der Waals surface area contributed by atoms with Gasteiger partial charge in [0.2, 0.25) is 5.91 Å². The van der Waals surface area contributed by atoms with Crippen molar-refractivity contribution in [2.45, 2.75) is 75.2 Å². The fourth-order valence-electron chi connectivity index (χ4n) is 2.91. The van der Waals surface area contributed by atoms with Crippen LogP contribution in [-0.2, 0) is 19.0 Å². The Balaban J connectivity index is 2.19. The molecule has 2 rings (SSSR count). The van der Waals surface area contributed by atoms with Crippen LogP contribution in [0.1, 0.15) is 13.8 Å². The Bertz CT molecular complexity index is 465. The van der Waals surface area contributed by atoms with Gasteiger partial charge >= 0.3 is 0 Å². The van der Waals surface area contributed by atoms with Crippen LogP contribution in [0.25, 0.3) is 0 Å². The monoisotopic (exact) mass is 367 g/mol. The van der Waals surface area contributed by atoms with E-state index < -0.39 is 73.9 Å². The van der Waals surface area contributed by atoms with E-state index in [0.29, 0.717) is 0 Å². The average Bonchev–Trinajstić information content (AvgIpc) is 2.55. The minimum Gasteiger partial charge on any atom is -0.394 e. The highest BCUT2D eigenvalue weighted by Crippen LogP contribution is 2.28. The van der Waals surface area contributed by atoms with Crippen molar-refractivity contribution in [1.29, 1.82) is 0 Å². The molecule has 2 aliphatic rings. The van der Waals surface area contributed by atoms with Crippen molar-refractivity contribution in [3.63, 3.8) is 0 Å². The molecule has 1 unspecified atom stereocenters. The van der Waals surface area contributed by atoms with Crippen LogP contribution in [0.5, 0.6) is 0 Å². The van der Waals surface area contributed by atoms with Gasteiger partial charge in [-0.05, 0) is 6.92 Å². The molecule has 10 atom stereocenters. The maximum Gasteiger partial charge on any atom is 0.217 e. The second-order valence-electron chi connectivity index (χ2n) is 6.25. The fraction of sp³-hybridized carbons (Fsp3) is 0.929. The first-order valence-corrected chi connectivity index (χ1v) is 7.92. The van der Waals surface area contributed by atoms with E-state index in [1.807, 2.05) is 0 Å². The van der Waals surface area contributed by atoms with Gasteiger partial charge in [0.05, 0.1) is 12.7 Å². The number of aliphatic hydroxyl groups excluding tert-OH is 6. The van der Waals surface area contributed by atoms with Crippen molar-refractivity contribution in [2.75, 3.05) is 6.61 Å². The van der Waals surface area contributed by atoms with Crippen LogP contribution < -0.4 is 5.32 Å². The summed E-state index contributed by atoms with van der Waals surface area (Å²) in [6, 6.07) is -1.24. The third kappa shape index (κ3) is 4.27. The van der Waals surface area contributed by atoms with Crippen molar-refractivity contribution in [1.82, 2.24) is 5.32 Å². The van der Waals surface area contributed by atoms with E-state index in [0.717, 1.165) is 0 Å². The molecule has 11 nitrogen and oxygen atoms in total. The number of hydrogen-bond acceptors (Lipinski definition) is 10. The van der Waals surface area contributed by atoms with Crippen LogP contribution in [0.15, 0.2) is 0 Å². The number of aliphatic hydroxyl groups is 6. The van der Waals surface area contributed by atoms with Gasteiger partial charge < -0.3 is 50.2 Å². The lowest BCUT2D eigenvalue weighted by molar-refractivity contribution is -0.344. The third-order valence-corrected chi connectivity index (χ3v) is 4.34. The molecule has 2 saturated heterocycles. The van der Waals surface area contributed by atoms with Crippen LogP contribution in [-0.4, -0.2) is 105 Å². The molecule has 2 aliphatic heterocycles. The highest BCUT2D eigenvalue weighted by atomic mass is 16.7. The number of rotatable bonds is 4. The van der Waals surface area contributed by atoms with Crippen LogP contribution in [0.2, 0.25) is 0 Å². The second kappa shape index (κ2) is 8.20. The summed E-state index contributed by atoms with van der Waals surface area (Å²) >= 11 is 0. The van der Waals surface area contributed by atoms with Crippen molar-refractivity contribution < 1.29 is 49.6 Å². The van der Waals surface area contributed by atoms with E-state index in [1.54, 1.807) is 0 Å². The Hall–Kier alpha value is -0.890. The molecule has 7 N–H and O–H groups in total. The molecule has 1 amide bonds. The Kier molecular flexibility index (Phi) is 6.70. The van der Waals surface area contributed by atoms with E-state index >= 15 is 0 Å². The second-order valence-corrected chi connectivity index (χ2v) is 6.25. The number of carbonyl (C=O) groups excluding carboxylic acids is 1. The molecule has 11 heteroatoms. The van der Waals surface area contributed by atoms with Crippen LogP contribution in [0.4, 0.5) is 0 Å². The van der Waals surface area contributed by atoms with Gasteiger partial charge in [0.15, 0.2) is 12.6 Å². The minimum atomic E-state index is -1.61. The van der Waals surface area contributed by atoms with Crippen molar-refractivity contribution >= 4 is 5.91 Å². The Morgan fingerprint density at radius 1 is 1.04 bits per heavy atom. The van der Waals surface area contributed by atoms with Crippen LogP contribution in [0.3, 0.4) is 0 Å². The van der Waals surface area contributed by atoms with Gasteiger partial charge in [0, 0.05) is 6.92 Å². The number of hydrogen-bond donors (Lipinski definition) is 7. The summed E-state index contributed by atoms with van der Waals surface area (Å²) in [7, 11) is 0. The fourth-order valence-corrected chi connectivity index (χ4v) is 2.91. The zero-order valence-corrected chi connectivity index (χ0v) is 13.8. The van der Waals surface area contributed by atoms with Gasteiger partial charge in [-0.1, -0.05) is 0 Å². The number of nitrogens with one attached hydrogen (secondary N) is 1. The molecule has 0 spiro atoms. The molecule has 0 aliphatic carbocycles. The quantitative estimate of drug-likeness (QED) is 0.257. The molecule has 2 heterocycles. The molecule has 0 bridgehead atoms. The molecule has 0 radical (unpaired) electrons. The van der Waals surface area contributed by atoms with Crippen molar-refractivity contribution in [3.8, 4) is 0 Å². The topological polar surface area (TPSA) is 178 Å². The molecule has 0 aromatic heterocycles. The van der Waals surface area contributed by atoms with Crippen LogP contribution >= 0.6 is 0 Å². The van der Waals surface area contributed by atoms with Gasteiger partial charge in [-0.2, -0.15) is 0 Å². The molecule has 0 aromatic rings. The molecule has 0 saturated carbocycles. The summed E-state index contributed by atoms with van der Waals surface area (Å²) in [4.78, 5) is 11.3. The summed E-state index contributed by atoms with van der Waals surface area (Å²) in [5.41, 5.74) is 0. The standard InChI is InChI=1S/C14H25NO10/c1-4-8(18)11(21)12(13(22)23-4)25-14-7(15-5(2)17)10(20)9(19)6(3-16)24-14/h4,6-14,16,18-22H,3H2,1-2H3,(H,15,17)/t4-,6+,7+,8+,9+,10+,11+,12-,13?,14-/m0/s1. The lowest BCUT2D eigenvalue weighted by Gasteiger charge is -2.46. The lowest BCUT2D eigenvalue weighted by Crippen LogP contribution is -2.67. The first-order valence-electron chi connectivity index (χ1n) is 7.92. The highest BCUT2D eigenvalue weighted by molar-refractivity contribution is 5.73. The van der Waals surface area contributed by atoms with Crippen molar-refractivity contribution in [3.05, 3.63) is 0 Å². The largest absolute Gasteiger partial charge is 0.394 e. The van der Waals surface area contributed by atoms with E-state index in [2.05, 4.69) is 5.32 Å².